The fourth-order valence-electron chi connectivity index (χ4n) is 6.82. The molecule has 0 aliphatic carbocycles. The molecule has 0 aromatic heterocycles. The summed E-state index contributed by atoms with van der Waals surface area (Å²) < 4.78 is 0. The molecule has 1 fully saturated rings. The number of nitrogens with zero attached hydrogens (tertiary/aromatic N) is 1. The number of amides is 5. The van der Waals surface area contributed by atoms with Crippen LogP contribution in [0.25, 0.3) is 0 Å². The molecule has 0 unspecified atom stereocenters. The molecule has 7 N–H and O–H groups in total. The van der Waals surface area contributed by atoms with Gasteiger partial charge in [0.2, 0.25) is 17.7 Å². The minimum atomic E-state index is -0.601. The normalized spacial score (nSPS) is 19.9. The predicted molar refractivity (Wildman–Crippen MR) is 206 cm³/mol. The summed E-state index contributed by atoms with van der Waals surface area (Å²) >= 11 is 0. The highest BCUT2D eigenvalue weighted by atomic mass is 32.2. The SMILES string of the molecule is CCCCCCCC[S+](CCCCCCCC)Cc1ccc2cc1C(=O)NCC(=O)NCC(=O)NCCCC[C@H]([NH3+])C(=O)N1CCC[C@H]1C(=O)N2. The third kappa shape index (κ3) is 15.6. The predicted octanol–water partition coefficient (Wildman–Crippen LogP) is 4.21. The van der Waals surface area contributed by atoms with E-state index >= 15 is 0 Å². The summed E-state index contributed by atoms with van der Waals surface area (Å²) in [6.07, 6.45) is 18.1. The first-order chi connectivity index (χ1) is 24.7. The van der Waals surface area contributed by atoms with Crippen LogP contribution in [0.15, 0.2) is 18.2 Å². The first kappa shape index (κ1) is 42.3. The van der Waals surface area contributed by atoms with Gasteiger partial charge in [0.1, 0.15) is 23.3 Å². The number of anilines is 1. The highest BCUT2D eigenvalue weighted by Gasteiger charge is 2.37. The molecule has 3 rings (SSSR count). The second kappa shape index (κ2) is 24.2. The lowest BCUT2D eigenvalue weighted by atomic mass is 10.1. The van der Waals surface area contributed by atoms with Crippen LogP contribution >= 0.6 is 0 Å². The summed E-state index contributed by atoms with van der Waals surface area (Å²) in [5, 5.41) is 11.1. The number of quaternary nitrogens is 1. The Labute approximate surface area is 309 Å². The number of carbonyl (C=O) groups excluding carboxylic acids is 5. The van der Waals surface area contributed by atoms with Gasteiger partial charge in [-0.15, -0.1) is 0 Å². The van der Waals surface area contributed by atoms with E-state index in [0.29, 0.717) is 50.0 Å². The van der Waals surface area contributed by atoms with Crippen LogP contribution in [0.3, 0.4) is 0 Å². The van der Waals surface area contributed by atoms with Gasteiger partial charge in [0.15, 0.2) is 6.04 Å². The van der Waals surface area contributed by atoms with E-state index in [0.717, 1.165) is 29.2 Å². The fraction of sp³-hybridized carbons (Fsp3) is 0.718. The molecule has 12 heteroatoms. The zero-order valence-corrected chi connectivity index (χ0v) is 32.3. The zero-order valence-electron chi connectivity index (χ0n) is 31.5. The van der Waals surface area contributed by atoms with Crippen LogP contribution in [-0.4, -0.2) is 84.2 Å². The summed E-state index contributed by atoms with van der Waals surface area (Å²) in [6.45, 7) is 4.93. The Morgan fingerprint density at radius 3 is 2.06 bits per heavy atom. The van der Waals surface area contributed by atoms with Gasteiger partial charge in [-0.25, -0.2) is 0 Å². The molecule has 2 atom stereocenters. The number of rotatable bonds is 16. The number of unbranched alkanes of at least 4 members (excludes halogenated alkanes) is 10. The molecular weight excluding hydrogens is 665 g/mol. The van der Waals surface area contributed by atoms with Crippen LogP contribution in [0.2, 0.25) is 0 Å². The number of fused-ring (bicyclic) bond motifs is 3. The quantitative estimate of drug-likeness (QED) is 0.127. The minimum absolute atomic E-state index is 0.0892. The van der Waals surface area contributed by atoms with Crippen molar-refractivity contribution in [3.05, 3.63) is 29.3 Å². The maximum absolute atomic E-state index is 13.7. The Hall–Kier alpha value is -3.12. The third-order valence-corrected chi connectivity index (χ3v) is 12.4. The highest BCUT2D eigenvalue weighted by molar-refractivity contribution is 7.96. The fourth-order valence-corrected chi connectivity index (χ4v) is 9.23. The van der Waals surface area contributed by atoms with Crippen molar-refractivity contribution in [1.82, 2.24) is 20.9 Å². The van der Waals surface area contributed by atoms with Crippen molar-refractivity contribution >= 4 is 46.1 Å². The van der Waals surface area contributed by atoms with Gasteiger partial charge >= 0.3 is 0 Å². The summed E-state index contributed by atoms with van der Waals surface area (Å²) in [6, 6.07) is 4.41. The Bertz CT molecular complexity index is 1250. The van der Waals surface area contributed by atoms with E-state index in [-0.39, 0.29) is 41.7 Å². The summed E-state index contributed by atoms with van der Waals surface area (Å²) in [5.74, 6) is 1.45. The van der Waals surface area contributed by atoms with Gasteiger partial charge in [-0.1, -0.05) is 71.3 Å². The Morgan fingerprint density at radius 1 is 0.745 bits per heavy atom. The standard InChI is InChI=1S/C39H64N6O5S/c1-3-5-7-9-11-15-24-51(25-16-12-10-8-6-4-2)29-30-20-21-31-26-32(30)37(48)43-28-36(47)42-27-35(46)41-22-14-13-18-33(40)39(50)45-23-17-19-34(45)38(49)44-31/h20-21,26,33-34H,3-19,22-25,27-29,40H2,1-2H3,(H3-,41,42,43,44,46,47,48,49)/p+2/t33-,34-/m0/s1. The maximum atomic E-state index is 13.7. The molecule has 0 spiro atoms. The van der Waals surface area contributed by atoms with Crippen LogP contribution < -0.4 is 27.0 Å². The van der Waals surface area contributed by atoms with Gasteiger partial charge in [-0.2, -0.15) is 0 Å². The molecule has 2 aliphatic heterocycles. The topological polar surface area (TPSA) is 164 Å². The molecule has 0 saturated carbocycles. The largest absolute Gasteiger partial charge is 0.355 e. The number of nitrogens with one attached hydrogen (secondary N) is 4. The smallest absolute Gasteiger partial charge is 0.281 e. The molecule has 286 valence electrons. The number of benzene rings is 1. The van der Waals surface area contributed by atoms with Crippen LogP contribution in [-0.2, 0) is 35.8 Å². The third-order valence-electron chi connectivity index (χ3n) is 9.90. The first-order valence-electron chi connectivity index (χ1n) is 19.8. The van der Waals surface area contributed by atoms with Crippen molar-refractivity contribution in [2.24, 2.45) is 0 Å². The lowest BCUT2D eigenvalue weighted by Gasteiger charge is -2.25. The molecule has 51 heavy (non-hydrogen) atoms. The van der Waals surface area contributed by atoms with Crippen molar-refractivity contribution in [2.45, 2.75) is 141 Å². The van der Waals surface area contributed by atoms with E-state index in [1.54, 1.807) is 11.0 Å². The molecule has 2 heterocycles. The van der Waals surface area contributed by atoms with E-state index in [2.05, 4.69) is 40.8 Å². The van der Waals surface area contributed by atoms with E-state index in [9.17, 15) is 24.0 Å². The zero-order chi connectivity index (χ0) is 36.8. The maximum Gasteiger partial charge on any atom is 0.281 e. The van der Waals surface area contributed by atoms with Crippen molar-refractivity contribution in [3.63, 3.8) is 0 Å². The van der Waals surface area contributed by atoms with Gasteiger partial charge in [0.25, 0.3) is 11.8 Å². The molecule has 2 bridgehead atoms. The summed E-state index contributed by atoms with van der Waals surface area (Å²) in [5.41, 5.74) is 5.91. The van der Waals surface area contributed by atoms with Gasteiger partial charge in [-0.05, 0) is 74.4 Å². The Morgan fingerprint density at radius 2 is 1.37 bits per heavy atom. The molecule has 1 aromatic carbocycles. The van der Waals surface area contributed by atoms with Gasteiger partial charge in [0, 0.05) is 36.3 Å². The Kier molecular flexibility index (Phi) is 20.1. The molecule has 5 amide bonds. The number of hydrogen-bond acceptors (Lipinski definition) is 5. The molecule has 1 aromatic rings. The number of hydrogen-bond donors (Lipinski definition) is 5. The van der Waals surface area contributed by atoms with Gasteiger partial charge in [-0.3, -0.25) is 24.0 Å². The van der Waals surface area contributed by atoms with Crippen molar-refractivity contribution < 1.29 is 29.7 Å². The van der Waals surface area contributed by atoms with Gasteiger partial charge in [0.05, 0.1) is 13.1 Å². The monoisotopic (exact) mass is 730 g/mol. The second-order valence-electron chi connectivity index (χ2n) is 14.3. The Balaban J connectivity index is 1.82. The molecule has 1 saturated heterocycles. The van der Waals surface area contributed by atoms with E-state index in [1.165, 1.54) is 77.0 Å². The van der Waals surface area contributed by atoms with Crippen LogP contribution in [0.4, 0.5) is 5.69 Å². The van der Waals surface area contributed by atoms with Crippen LogP contribution in [0, 0.1) is 0 Å². The summed E-state index contributed by atoms with van der Waals surface area (Å²) in [4.78, 5) is 67.2. The first-order valence-corrected chi connectivity index (χ1v) is 21.5. The molecule has 0 radical (unpaired) electrons. The average molecular weight is 731 g/mol. The molecule has 2 aliphatic rings. The highest BCUT2D eigenvalue weighted by Crippen LogP contribution is 2.25. The molecular formula is C39H66N6O5S+2. The van der Waals surface area contributed by atoms with E-state index in [4.69, 9.17) is 0 Å². The lowest BCUT2D eigenvalue weighted by molar-refractivity contribution is -0.407. The molecule has 11 nitrogen and oxygen atoms in total. The lowest BCUT2D eigenvalue weighted by Crippen LogP contribution is -2.68. The minimum Gasteiger partial charge on any atom is -0.355 e. The van der Waals surface area contributed by atoms with Crippen LogP contribution in [0.1, 0.15) is 139 Å². The second-order valence-corrected chi connectivity index (χ2v) is 16.6. The van der Waals surface area contributed by atoms with E-state index < -0.39 is 23.9 Å². The van der Waals surface area contributed by atoms with Crippen LogP contribution in [0.5, 0.6) is 0 Å². The summed E-state index contributed by atoms with van der Waals surface area (Å²) in [7, 11) is 0.0892. The van der Waals surface area contributed by atoms with Crippen molar-refractivity contribution in [1.29, 1.82) is 0 Å². The van der Waals surface area contributed by atoms with Crippen molar-refractivity contribution in [2.75, 3.05) is 43.0 Å². The van der Waals surface area contributed by atoms with Gasteiger partial charge < -0.3 is 31.9 Å². The number of carbonyl (C=O) groups is 5. The van der Waals surface area contributed by atoms with E-state index in [1.807, 2.05) is 12.1 Å². The average Bonchev–Trinajstić information content (AvgIpc) is 3.62. The van der Waals surface area contributed by atoms with Crippen molar-refractivity contribution in [3.8, 4) is 0 Å².